The molecule has 0 fully saturated rings. The molecule has 0 spiro atoms. The average molecular weight is 302 g/mol. The highest BCUT2D eigenvalue weighted by atomic mass is 32.2. The van der Waals surface area contributed by atoms with Crippen LogP contribution in [-0.4, -0.2) is 42.9 Å². The Hall–Kier alpha value is -1.51. The molecule has 0 aliphatic rings. The van der Waals surface area contributed by atoms with Gasteiger partial charge in [-0.15, -0.1) is 0 Å². The fraction of sp³-hybridized carbons (Fsp3) is 0.500. The molecular formula is C12H18N2O5S. The molecule has 0 saturated carbocycles. The van der Waals surface area contributed by atoms with Gasteiger partial charge < -0.3 is 9.84 Å². The minimum absolute atomic E-state index is 0.0159. The van der Waals surface area contributed by atoms with Crippen LogP contribution in [0.15, 0.2) is 18.3 Å². The summed E-state index contributed by atoms with van der Waals surface area (Å²) in [6.45, 7) is 3.36. The van der Waals surface area contributed by atoms with E-state index < -0.39 is 15.9 Å². The van der Waals surface area contributed by atoms with Crippen molar-refractivity contribution in [2.75, 3.05) is 12.4 Å². The van der Waals surface area contributed by atoms with Crippen molar-refractivity contribution in [3.05, 3.63) is 29.6 Å². The van der Waals surface area contributed by atoms with Crippen LogP contribution in [0.5, 0.6) is 0 Å². The van der Waals surface area contributed by atoms with Crippen molar-refractivity contribution < 1.29 is 23.1 Å². The maximum Gasteiger partial charge on any atom is 0.266 e. The van der Waals surface area contributed by atoms with Crippen LogP contribution in [0, 0.1) is 0 Å². The molecule has 7 nitrogen and oxygen atoms in total. The SMILES string of the molecule is CC(C)OCCS(=O)(=O)NC(=O)c1ccc(CO)nc1. The van der Waals surface area contributed by atoms with Gasteiger partial charge in [-0.3, -0.25) is 9.78 Å². The van der Waals surface area contributed by atoms with Crippen molar-refractivity contribution in [2.24, 2.45) is 0 Å². The van der Waals surface area contributed by atoms with Gasteiger partial charge in [0, 0.05) is 6.20 Å². The van der Waals surface area contributed by atoms with Crippen LogP contribution in [0.2, 0.25) is 0 Å². The smallest absolute Gasteiger partial charge is 0.266 e. The summed E-state index contributed by atoms with van der Waals surface area (Å²) in [5.41, 5.74) is 0.505. The lowest BCUT2D eigenvalue weighted by Gasteiger charge is -2.09. The Morgan fingerprint density at radius 1 is 1.45 bits per heavy atom. The van der Waals surface area contributed by atoms with Crippen molar-refractivity contribution in [2.45, 2.75) is 26.6 Å². The normalized spacial score (nSPS) is 11.6. The highest BCUT2D eigenvalue weighted by Gasteiger charge is 2.16. The number of aliphatic hydroxyl groups is 1. The molecule has 0 radical (unpaired) electrons. The lowest BCUT2D eigenvalue weighted by molar-refractivity contribution is 0.0908. The number of aromatic nitrogens is 1. The zero-order valence-corrected chi connectivity index (χ0v) is 12.2. The van der Waals surface area contributed by atoms with Crippen LogP contribution >= 0.6 is 0 Å². The molecule has 0 bridgehead atoms. The van der Waals surface area contributed by atoms with Gasteiger partial charge in [-0.05, 0) is 26.0 Å². The van der Waals surface area contributed by atoms with E-state index in [2.05, 4.69) is 4.98 Å². The van der Waals surface area contributed by atoms with Gasteiger partial charge in [0.1, 0.15) is 0 Å². The summed E-state index contributed by atoms with van der Waals surface area (Å²) in [4.78, 5) is 15.5. The van der Waals surface area contributed by atoms with Gasteiger partial charge in [-0.2, -0.15) is 0 Å². The monoisotopic (exact) mass is 302 g/mol. The molecule has 0 aliphatic carbocycles. The molecule has 112 valence electrons. The number of carbonyl (C=O) groups is 1. The van der Waals surface area contributed by atoms with E-state index in [9.17, 15) is 13.2 Å². The predicted octanol–water partition coefficient (Wildman–Crippen LogP) is 0.0585. The van der Waals surface area contributed by atoms with Gasteiger partial charge in [0.05, 0.1) is 36.3 Å². The molecular weight excluding hydrogens is 284 g/mol. The summed E-state index contributed by atoms with van der Waals surface area (Å²) in [7, 11) is -3.74. The fourth-order valence-electron chi connectivity index (χ4n) is 1.30. The number of pyridine rings is 1. The number of rotatable bonds is 7. The zero-order chi connectivity index (χ0) is 15.2. The van der Waals surface area contributed by atoms with E-state index in [1.165, 1.54) is 18.3 Å². The van der Waals surface area contributed by atoms with Crippen LogP contribution in [0.25, 0.3) is 0 Å². The lowest BCUT2D eigenvalue weighted by atomic mass is 10.2. The van der Waals surface area contributed by atoms with Crippen molar-refractivity contribution in [3.63, 3.8) is 0 Å². The molecule has 1 aromatic heterocycles. The van der Waals surface area contributed by atoms with E-state index in [0.29, 0.717) is 5.69 Å². The second-order valence-corrected chi connectivity index (χ2v) is 6.21. The van der Waals surface area contributed by atoms with Crippen molar-refractivity contribution in [3.8, 4) is 0 Å². The third kappa shape index (κ3) is 5.64. The van der Waals surface area contributed by atoms with Crippen molar-refractivity contribution in [1.29, 1.82) is 0 Å². The molecule has 0 saturated heterocycles. The Kier molecular flexibility index (Phi) is 6.05. The van der Waals surface area contributed by atoms with E-state index in [1.54, 1.807) is 13.8 Å². The standard InChI is InChI=1S/C12H18N2O5S/c1-9(2)19-5-6-20(17,18)14-12(16)10-3-4-11(8-15)13-7-10/h3-4,7,9,15H,5-6,8H2,1-2H3,(H,14,16). The lowest BCUT2D eigenvalue weighted by Crippen LogP contribution is -2.34. The predicted molar refractivity (Wildman–Crippen MR) is 72.5 cm³/mol. The first kappa shape index (κ1) is 16.5. The molecule has 0 atom stereocenters. The first-order valence-corrected chi connectivity index (χ1v) is 7.71. The Labute approximate surface area is 118 Å². The van der Waals surface area contributed by atoms with Gasteiger partial charge >= 0.3 is 0 Å². The molecule has 0 unspecified atom stereocenters. The third-order valence-corrected chi connectivity index (χ3v) is 3.50. The van der Waals surface area contributed by atoms with Gasteiger partial charge in [0.25, 0.3) is 5.91 Å². The first-order valence-electron chi connectivity index (χ1n) is 6.06. The molecule has 0 aromatic carbocycles. The van der Waals surface area contributed by atoms with Crippen LogP contribution in [0.3, 0.4) is 0 Å². The molecule has 0 aliphatic heterocycles. The van der Waals surface area contributed by atoms with E-state index in [1.807, 2.05) is 4.72 Å². The Morgan fingerprint density at radius 2 is 2.15 bits per heavy atom. The molecule has 1 amide bonds. The molecule has 20 heavy (non-hydrogen) atoms. The largest absolute Gasteiger partial charge is 0.390 e. The van der Waals surface area contributed by atoms with Gasteiger partial charge in [-0.1, -0.05) is 0 Å². The summed E-state index contributed by atoms with van der Waals surface area (Å²) < 4.78 is 30.4. The van der Waals surface area contributed by atoms with E-state index >= 15 is 0 Å². The average Bonchev–Trinajstić information content (AvgIpc) is 2.37. The fourth-order valence-corrected chi connectivity index (χ4v) is 2.12. The molecule has 1 aromatic rings. The number of nitrogens with one attached hydrogen (secondary N) is 1. The zero-order valence-electron chi connectivity index (χ0n) is 11.4. The summed E-state index contributed by atoms with van der Waals surface area (Å²) >= 11 is 0. The maximum absolute atomic E-state index is 11.7. The van der Waals surface area contributed by atoms with E-state index in [4.69, 9.17) is 9.84 Å². The Morgan fingerprint density at radius 3 is 2.65 bits per heavy atom. The number of ether oxygens (including phenoxy) is 1. The number of hydrogen-bond donors (Lipinski definition) is 2. The third-order valence-electron chi connectivity index (χ3n) is 2.30. The number of aliphatic hydroxyl groups excluding tert-OH is 1. The van der Waals surface area contributed by atoms with Crippen LogP contribution in [0.1, 0.15) is 29.9 Å². The van der Waals surface area contributed by atoms with Crippen molar-refractivity contribution >= 4 is 15.9 Å². The molecule has 1 rings (SSSR count). The van der Waals surface area contributed by atoms with E-state index in [0.717, 1.165) is 0 Å². The summed E-state index contributed by atoms with van der Waals surface area (Å²) in [6, 6.07) is 2.84. The van der Waals surface area contributed by atoms with Crippen LogP contribution < -0.4 is 4.72 Å². The van der Waals surface area contributed by atoms with Gasteiger partial charge in [0.2, 0.25) is 10.0 Å². The van der Waals surface area contributed by atoms with Crippen LogP contribution in [0.4, 0.5) is 0 Å². The molecule has 8 heteroatoms. The second kappa shape index (κ2) is 7.32. The number of carbonyl (C=O) groups excluding carboxylic acids is 1. The first-order chi connectivity index (χ1) is 9.34. The number of sulfonamides is 1. The highest BCUT2D eigenvalue weighted by molar-refractivity contribution is 7.90. The van der Waals surface area contributed by atoms with Crippen molar-refractivity contribution in [1.82, 2.24) is 9.71 Å². The summed E-state index contributed by atoms with van der Waals surface area (Å²) in [6.07, 6.45) is 1.14. The van der Waals surface area contributed by atoms with Gasteiger partial charge in [-0.25, -0.2) is 13.1 Å². The summed E-state index contributed by atoms with van der Waals surface area (Å²) in [5, 5.41) is 8.82. The van der Waals surface area contributed by atoms with E-state index in [-0.39, 0.29) is 30.6 Å². The minimum Gasteiger partial charge on any atom is -0.390 e. The highest BCUT2D eigenvalue weighted by Crippen LogP contribution is 2.01. The number of hydrogen-bond acceptors (Lipinski definition) is 6. The minimum atomic E-state index is -3.74. The molecule has 1 heterocycles. The Bertz CT molecular complexity index is 539. The van der Waals surface area contributed by atoms with Crippen LogP contribution in [-0.2, 0) is 21.4 Å². The summed E-state index contributed by atoms with van der Waals surface area (Å²) in [5.74, 6) is -1.05. The Balaban J connectivity index is 2.59. The maximum atomic E-state index is 11.7. The number of nitrogens with zero attached hydrogens (tertiary/aromatic N) is 1. The number of amides is 1. The quantitative estimate of drug-likeness (QED) is 0.737. The topological polar surface area (TPSA) is 106 Å². The second-order valence-electron chi connectivity index (χ2n) is 4.37. The molecule has 2 N–H and O–H groups in total. The van der Waals surface area contributed by atoms with Gasteiger partial charge in [0.15, 0.2) is 0 Å².